The molecule has 158 valence electrons. The molecule has 0 spiro atoms. The molecule has 2 heterocycles. The highest BCUT2D eigenvalue weighted by Gasteiger charge is 2.36. The van der Waals surface area contributed by atoms with Gasteiger partial charge in [-0.15, -0.1) is 11.3 Å². The van der Waals surface area contributed by atoms with E-state index in [0.29, 0.717) is 11.1 Å². The Morgan fingerprint density at radius 1 is 1.33 bits per heavy atom. The third kappa shape index (κ3) is 4.70. The van der Waals surface area contributed by atoms with Gasteiger partial charge in [0, 0.05) is 22.4 Å². The van der Waals surface area contributed by atoms with Crippen molar-refractivity contribution in [1.29, 1.82) is 0 Å². The van der Waals surface area contributed by atoms with Crippen molar-refractivity contribution in [2.24, 2.45) is 0 Å². The molecule has 1 N–H and O–H groups in total. The number of alkyl halides is 3. The lowest BCUT2D eigenvalue weighted by Gasteiger charge is -2.16. The van der Waals surface area contributed by atoms with Gasteiger partial charge in [-0.3, -0.25) is 14.9 Å². The second kappa shape index (κ2) is 8.56. The first-order valence-electron chi connectivity index (χ1n) is 8.66. The number of fused-ring (bicyclic) bond motifs is 1. The smallest absolute Gasteiger partial charge is 0.325 e. The average Bonchev–Trinajstić information content (AvgIpc) is 3.11. The molecule has 0 fully saturated rings. The summed E-state index contributed by atoms with van der Waals surface area (Å²) in [5.41, 5.74) is -2.53. The fraction of sp³-hybridized carbons (Fsp3) is 0.278. The number of hydrogen-bond acceptors (Lipinski definition) is 7. The van der Waals surface area contributed by atoms with Gasteiger partial charge in [0.2, 0.25) is 5.91 Å². The van der Waals surface area contributed by atoms with E-state index in [0.717, 1.165) is 45.4 Å². The van der Waals surface area contributed by atoms with E-state index in [1.807, 2.05) is 13.0 Å². The number of hydrogen-bond donors (Lipinski definition) is 1. The Morgan fingerprint density at radius 3 is 2.70 bits per heavy atom. The van der Waals surface area contributed by atoms with Crippen LogP contribution in [-0.4, -0.2) is 26.0 Å². The van der Waals surface area contributed by atoms with Crippen LogP contribution in [0.1, 0.15) is 24.3 Å². The molecule has 0 unspecified atom stereocenters. The monoisotopic (exact) mass is 456 g/mol. The van der Waals surface area contributed by atoms with Crippen LogP contribution in [0.25, 0.3) is 10.2 Å². The maximum absolute atomic E-state index is 13.3. The second-order valence-electron chi connectivity index (χ2n) is 6.20. The summed E-state index contributed by atoms with van der Waals surface area (Å²) in [4.78, 5) is 32.7. The zero-order chi connectivity index (χ0) is 22.1. The molecular weight excluding hydrogens is 441 g/mol. The van der Waals surface area contributed by atoms with E-state index in [1.165, 1.54) is 17.7 Å². The number of anilines is 1. The van der Waals surface area contributed by atoms with E-state index in [9.17, 15) is 28.1 Å². The van der Waals surface area contributed by atoms with Crippen LogP contribution in [0.5, 0.6) is 0 Å². The summed E-state index contributed by atoms with van der Waals surface area (Å²) in [6.07, 6.45) is -2.66. The predicted molar refractivity (Wildman–Crippen MR) is 109 cm³/mol. The topological polar surface area (TPSA) is 98.0 Å². The summed E-state index contributed by atoms with van der Waals surface area (Å²) in [5, 5.41) is 13.6. The minimum atomic E-state index is -4.86. The fourth-order valence-corrected chi connectivity index (χ4v) is 4.49. The number of aryl methyl sites for hydroxylation is 1. The summed E-state index contributed by atoms with van der Waals surface area (Å²) in [6, 6.07) is 4.13. The summed E-state index contributed by atoms with van der Waals surface area (Å²) in [6.45, 7) is 3.54. The Balaban J connectivity index is 1.83. The summed E-state index contributed by atoms with van der Waals surface area (Å²) < 4.78 is 39.9. The van der Waals surface area contributed by atoms with Crippen LogP contribution in [-0.2, 0) is 17.4 Å². The number of nitrogens with one attached hydrogen (secondary N) is 1. The molecule has 0 bridgehead atoms. The number of aromatic nitrogens is 2. The molecule has 1 aromatic carbocycles. The van der Waals surface area contributed by atoms with Gasteiger partial charge in [0.1, 0.15) is 16.2 Å². The van der Waals surface area contributed by atoms with E-state index >= 15 is 0 Å². The first kappa shape index (κ1) is 22.0. The fourth-order valence-electron chi connectivity index (χ4n) is 2.60. The average molecular weight is 456 g/mol. The highest BCUT2D eigenvalue weighted by atomic mass is 32.2. The Morgan fingerprint density at radius 2 is 2.07 bits per heavy atom. The molecule has 30 heavy (non-hydrogen) atoms. The SMILES string of the molecule is CCc1cc2c(S[C@H](C)C(=O)Nc3ccc([N+](=O)[O-])cc3C(F)(F)F)ncnc2s1. The Labute approximate surface area is 176 Å². The second-order valence-corrected chi connectivity index (χ2v) is 8.64. The third-order valence-corrected chi connectivity index (χ3v) is 6.43. The van der Waals surface area contributed by atoms with Gasteiger partial charge in [0.05, 0.1) is 21.4 Å². The van der Waals surface area contributed by atoms with E-state index < -0.39 is 39.2 Å². The molecule has 0 saturated carbocycles. The Hall–Kier alpha value is -2.73. The van der Waals surface area contributed by atoms with Crippen LogP contribution in [0.4, 0.5) is 24.5 Å². The molecule has 0 aliphatic heterocycles. The number of rotatable bonds is 6. The minimum Gasteiger partial charge on any atom is -0.325 e. The van der Waals surface area contributed by atoms with Crippen molar-refractivity contribution in [2.45, 2.75) is 36.7 Å². The first-order chi connectivity index (χ1) is 14.1. The molecule has 3 rings (SSSR count). The summed E-state index contributed by atoms with van der Waals surface area (Å²) in [7, 11) is 0. The van der Waals surface area contributed by atoms with Crippen LogP contribution in [0.2, 0.25) is 0 Å². The molecule has 1 atom stereocenters. The normalized spacial score (nSPS) is 12.7. The first-order valence-corrected chi connectivity index (χ1v) is 10.4. The van der Waals surface area contributed by atoms with Crippen LogP contribution in [0.15, 0.2) is 35.6 Å². The number of thiophene rings is 1. The molecule has 1 amide bonds. The Bertz CT molecular complexity index is 1120. The van der Waals surface area contributed by atoms with E-state index in [2.05, 4.69) is 15.3 Å². The number of nitro benzene ring substituents is 1. The molecular formula is C18H15F3N4O3S2. The van der Waals surface area contributed by atoms with E-state index in [-0.39, 0.29) is 0 Å². The molecule has 12 heteroatoms. The zero-order valence-corrected chi connectivity index (χ0v) is 17.3. The van der Waals surface area contributed by atoms with Gasteiger partial charge in [-0.1, -0.05) is 18.7 Å². The number of benzene rings is 1. The molecule has 2 aromatic heterocycles. The summed E-state index contributed by atoms with van der Waals surface area (Å²) >= 11 is 2.61. The number of carbonyl (C=O) groups is 1. The molecule has 0 saturated heterocycles. The van der Waals surface area contributed by atoms with Crippen molar-refractivity contribution in [3.05, 3.63) is 51.1 Å². The Kier molecular flexibility index (Phi) is 6.27. The van der Waals surface area contributed by atoms with Crippen molar-refractivity contribution in [2.75, 3.05) is 5.32 Å². The van der Waals surface area contributed by atoms with Gasteiger partial charge in [-0.05, 0) is 25.5 Å². The minimum absolute atomic E-state index is 0.402. The zero-order valence-electron chi connectivity index (χ0n) is 15.7. The standard InChI is InChI=1S/C18H15F3N4O3S2/c1-3-11-7-12-16(22-8-23-17(12)30-11)29-9(2)15(26)24-14-5-4-10(25(27)28)6-13(14)18(19,20)21/h4-9H,3H2,1-2H3,(H,24,26)/t9-/m1/s1. The highest BCUT2D eigenvalue weighted by molar-refractivity contribution is 8.00. The van der Waals surface area contributed by atoms with Crippen LogP contribution in [0.3, 0.4) is 0 Å². The van der Waals surface area contributed by atoms with Crippen molar-refractivity contribution >= 4 is 50.6 Å². The third-order valence-electron chi connectivity index (χ3n) is 4.13. The van der Waals surface area contributed by atoms with Gasteiger partial charge >= 0.3 is 6.18 Å². The number of carbonyl (C=O) groups excluding carboxylic acids is 1. The van der Waals surface area contributed by atoms with Gasteiger partial charge in [0.25, 0.3) is 5.69 Å². The quantitative estimate of drug-likeness (QED) is 0.234. The molecule has 7 nitrogen and oxygen atoms in total. The number of nitrogens with zero attached hydrogens (tertiary/aromatic N) is 3. The van der Waals surface area contributed by atoms with Crippen LogP contribution >= 0.6 is 23.1 Å². The van der Waals surface area contributed by atoms with Crippen molar-refractivity contribution in [3.63, 3.8) is 0 Å². The van der Waals surface area contributed by atoms with E-state index in [4.69, 9.17) is 0 Å². The predicted octanol–water partition coefficient (Wildman–Crippen LogP) is 5.30. The molecule has 3 aromatic rings. The maximum atomic E-state index is 13.3. The van der Waals surface area contributed by atoms with Gasteiger partial charge in [-0.2, -0.15) is 13.2 Å². The molecule has 0 radical (unpaired) electrons. The lowest BCUT2D eigenvalue weighted by Crippen LogP contribution is -2.24. The van der Waals surface area contributed by atoms with Crippen LogP contribution in [0, 0.1) is 10.1 Å². The lowest BCUT2D eigenvalue weighted by molar-refractivity contribution is -0.385. The number of amides is 1. The lowest BCUT2D eigenvalue weighted by atomic mass is 10.1. The van der Waals surface area contributed by atoms with Crippen LogP contribution < -0.4 is 5.32 Å². The highest BCUT2D eigenvalue weighted by Crippen LogP contribution is 2.38. The van der Waals surface area contributed by atoms with Crippen molar-refractivity contribution in [3.8, 4) is 0 Å². The van der Waals surface area contributed by atoms with Crippen molar-refractivity contribution in [1.82, 2.24) is 9.97 Å². The number of non-ortho nitro benzene ring substituents is 1. The number of thioether (sulfide) groups is 1. The number of nitro groups is 1. The van der Waals surface area contributed by atoms with Gasteiger partial charge in [0.15, 0.2) is 0 Å². The van der Waals surface area contributed by atoms with Gasteiger partial charge < -0.3 is 5.32 Å². The maximum Gasteiger partial charge on any atom is 0.418 e. The largest absolute Gasteiger partial charge is 0.418 e. The van der Waals surface area contributed by atoms with E-state index in [1.54, 1.807) is 6.92 Å². The molecule has 0 aliphatic rings. The number of halogens is 3. The van der Waals surface area contributed by atoms with Crippen molar-refractivity contribution < 1.29 is 22.9 Å². The van der Waals surface area contributed by atoms with Gasteiger partial charge in [-0.25, -0.2) is 9.97 Å². The molecule has 0 aliphatic carbocycles. The summed E-state index contributed by atoms with van der Waals surface area (Å²) in [5.74, 6) is -0.683.